The summed E-state index contributed by atoms with van der Waals surface area (Å²) < 4.78 is 27.6. The second-order valence-electron chi connectivity index (χ2n) is 10.3. The molecule has 0 atom stereocenters. The van der Waals surface area contributed by atoms with Crippen LogP contribution in [0.25, 0.3) is 0 Å². The van der Waals surface area contributed by atoms with E-state index in [1.165, 1.54) is 24.3 Å². The molecule has 0 aliphatic heterocycles. The molecule has 2 rings (SSSR count). The lowest BCUT2D eigenvalue weighted by Crippen LogP contribution is -2.21. The van der Waals surface area contributed by atoms with Gasteiger partial charge >= 0.3 is 5.97 Å². The van der Waals surface area contributed by atoms with Crippen molar-refractivity contribution in [3.63, 3.8) is 0 Å². The smallest absolute Gasteiger partial charge is 0.306 e. The molecule has 1 amide bonds. The summed E-state index contributed by atoms with van der Waals surface area (Å²) in [7, 11) is -3.82. The number of ether oxygens (including phenoxy) is 1. The summed E-state index contributed by atoms with van der Waals surface area (Å²) in [5.41, 5.74) is 2.34. The third kappa shape index (κ3) is 7.56. The minimum absolute atomic E-state index is 0.0737. The van der Waals surface area contributed by atoms with Crippen LogP contribution in [-0.4, -0.2) is 32.0 Å². The van der Waals surface area contributed by atoms with Gasteiger partial charge in [-0.2, -0.15) is 0 Å². The summed E-state index contributed by atoms with van der Waals surface area (Å²) in [6, 6.07) is 9.15. The molecule has 4 N–H and O–H groups in total. The second-order valence-corrected chi connectivity index (χ2v) is 11.9. The standard InChI is InChI=1S/C25H34N2O6S/c1-24(2,3)19-13-16(14-20(23(19)30)25(4,5)6)7-12-22(29)33-15-21(28)27-17-8-10-18(11-9-17)34(26,31)32/h8-11,13-14,30H,7,12,15H2,1-6H3,(H,27,28)(H2,26,31,32). The van der Waals surface area contributed by atoms with E-state index in [0.29, 0.717) is 12.1 Å². The van der Waals surface area contributed by atoms with Crippen molar-refractivity contribution in [2.45, 2.75) is 70.1 Å². The highest BCUT2D eigenvalue weighted by Gasteiger charge is 2.26. The highest BCUT2D eigenvalue weighted by molar-refractivity contribution is 7.89. The molecule has 186 valence electrons. The number of aryl methyl sites for hydroxylation is 1. The first kappa shape index (κ1) is 27.3. The Kier molecular flexibility index (Phi) is 8.16. The van der Waals surface area contributed by atoms with Gasteiger partial charge in [-0.25, -0.2) is 13.6 Å². The van der Waals surface area contributed by atoms with E-state index in [-0.39, 0.29) is 27.9 Å². The number of nitrogens with two attached hydrogens (primary N) is 1. The predicted octanol–water partition coefficient (Wildman–Crippen LogP) is 3.75. The molecule has 2 aromatic carbocycles. The van der Waals surface area contributed by atoms with Crippen LogP contribution < -0.4 is 10.5 Å². The van der Waals surface area contributed by atoms with E-state index < -0.39 is 28.5 Å². The van der Waals surface area contributed by atoms with Gasteiger partial charge in [-0.05, 0) is 58.2 Å². The summed E-state index contributed by atoms with van der Waals surface area (Å²) in [5, 5.41) is 18.4. The van der Waals surface area contributed by atoms with Gasteiger partial charge in [0.2, 0.25) is 10.0 Å². The van der Waals surface area contributed by atoms with Gasteiger partial charge < -0.3 is 15.2 Å². The highest BCUT2D eigenvalue weighted by atomic mass is 32.2. The predicted molar refractivity (Wildman–Crippen MR) is 131 cm³/mol. The van der Waals surface area contributed by atoms with Crippen LogP contribution >= 0.6 is 0 Å². The molecule has 0 fully saturated rings. The van der Waals surface area contributed by atoms with Gasteiger partial charge in [0.05, 0.1) is 4.90 Å². The Balaban J connectivity index is 1.98. The van der Waals surface area contributed by atoms with Crippen LogP contribution in [0.4, 0.5) is 5.69 Å². The molecule has 34 heavy (non-hydrogen) atoms. The number of carbonyl (C=O) groups is 2. The monoisotopic (exact) mass is 490 g/mol. The Bertz CT molecular complexity index is 1120. The van der Waals surface area contributed by atoms with E-state index in [0.717, 1.165) is 16.7 Å². The van der Waals surface area contributed by atoms with Crippen LogP contribution in [0, 0.1) is 0 Å². The number of sulfonamides is 1. The fourth-order valence-electron chi connectivity index (χ4n) is 3.37. The molecule has 2 aromatic rings. The summed E-state index contributed by atoms with van der Waals surface area (Å²) in [6.45, 7) is 11.7. The first-order chi connectivity index (χ1) is 15.5. The maximum absolute atomic E-state index is 12.2. The number of nitrogens with one attached hydrogen (secondary N) is 1. The molecule has 8 nitrogen and oxygen atoms in total. The molecular formula is C25H34N2O6S. The summed E-state index contributed by atoms with van der Waals surface area (Å²) in [6.07, 6.45) is 0.482. The minimum Gasteiger partial charge on any atom is -0.507 e. The lowest BCUT2D eigenvalue weighted by Gasteiger charge is -2.28. The molecule has 0 saturated heterocycles. The lowest BCUT2D eigenvalue weighted by atomic mass is 9.78. The lowest BCUT2D eigenvalue weighted by molar-refractivity contribution is -0.147. The normalized spacial score (nSPS) is 12.3. The van der Waals surface area contributed by atoms with E-state index >= 15 is 0 Å². The van der Waals surface area contributed by atoms with E-state index in [9.17, 15) is 23.1 Å². The molecule has 0 unspecified atom stereocenters. The molecule has 0 heterocycles. The fourth-order valence-corrected chi connectivity index (χ4v) is 3.89. The largest absolute Gasteiger partial charge is 0.507 e. The van der Waals surface area contributed by atoms with Crippen molar-refractivity contribution in [1.82, 2.24) is 0 Å². The number of primary sulfonamides is 1. The minimum atomic E-state index is -3.82. The molecule has 0 aromatic heterocycles. The summed E-state index contributed by atoms with van der Waals surface area (Å²) >= 11 is 0. The Labute approximate surface area is 201 Å². The molecular weight excluding hydrogens is 456 g/mol. The number of hydrogen-bond donors (Lipinski definition) is 3. The molecule has 0 radical (unpaired) electrons. The van der Waals surface area contributed by atoms with Gasteiger partial charge in [0, 0.05) is 12.1 Å². The first-order valence-corrected chi connectivity index (χ1v) is 12.5. The average Bonchev–Trinajstić information content (AvgIpc) is 2.69. The number of phenolic OH excluding ortho intramolecular Hbond substituents is 1. The second kappa shape index (κ2) is 10.1. The van der Waals surface area contributed by atoms with Gasteiger partial charge in [0.25, 0.3) is 5.91 Å². The Morgan fingerprint density at radius 3 is 1.91 bits per heavy atom. The van der Waals surface area contributed by atoms with Crippen LogP contribution in [0.15, 0.2) is 41.3 Å². The number of benzene rings is 2. The van der Waals surface area contributed by atoms with E-state index in [2.05, 4.69) is 5.32 Å². The molecule has 0 saturated carbocycles. The number of esters is 1. The highest BCUT2D eigenvalue weighted by Crippen LogP contribution is 2.40. The van der Waals surface area contributed by atoms with Crippen LogP contribution in [0.5, 0.6) is 5.75 Å². The zero-order valence-electron chi connectivity index (χ0n) is 20.6. The van der Waals surface area contributed by atoms with Crippen molar-refractivity contribution < 1.29 is 27.9 Å². The third-order valence-corrected chi connectivity index (χ3v) is 6.16. The van der Waals surface area contributed by atoms with Gasteiger partial charge in [-0.15, -0.1) is 0 Å². The number of aromatic hydroxyl groups is 1. The number of rotatable bonds is 7. The Morgan fingerprint density at radius 1 is 0.971 bits per heavy atom. The van der Waals surface area contributed by atoms with Crippen molar-refractivity contribution in [2.75, 3.05) is 11.9 Å². The Hall–Kier alpha value is -2.91. The maximum Gasteiger partial charge on any atom is 0.306 e. The van der Waals surface area contributed by atoms with Crippen LogP contribution in [0.1, 0.15) is 64.7 Å². The fraction of sp³-hybridized carbons (Fsp3) is 0.440. The number of amides is 1. The Morgan fingerprint density at radius 2 is 1.47 bits per heavy atom. The molecule has 0 spiro atoms. The summed E-state index contributed by atoms with van der Waals surface area (Å²) in [5.74, 6) is -0.797. The quantitative estimate of drug-likeness (QED) is 0.506. The van der Waals surface area contributed by atoms with Gasteiger partial charge in [0.15, 0.2) is 6.61 Å². The van der Waals surface area contributed by atoms with Crippen molar-refractivity contribution in [3.05, 3.63) is 53.1 Å². The van der Waals surface area contributed by atoms with Crippen molar-refractivity contribution in [1.29, 1.82) is 0 Å². The van der Waals surface area contributed by atoms with Crippen LogP contribution in [0.2, 0.25) is 0 Å². The third-order valence-electron chi connectivity index (χ3n) is 5.23. The first-order valence-electron chi connectivity index (χ1n) is 10.9. The van der Waals surface area contributed by atoms with E-state index in [4.69, 9.17) is 9.88 Å². The summed E-state index contributed by atoms with van der Waals surface area (Å²) in [4.78, 5) is 24.2. The van der Waals surface area contributed by atoms with Crippen molar-refractivity contribution in [2.24, 2.45) is 5.14 Å². The zero-order chi connectivity index (χ0) is 25.9. The molecule has 0 aliphatic rings. The molecule has 0 bridgehead atoms. The number of phenols is 1. The van der Waals surface area contributed by atoms with E-state index in [1.54, 1.807) is 0 Å². The van der Waals surface area contributed by atoms with Crippen LogP contribution in [0.3, 0.4) is 0 Å². The van der Waals surface area contributed by atoms with Crippen LogP contribution in [-0.2, 0) is 41.6 Å². The SMILES string of the molecule is CC(C)(C)c1cc(CCC(=O)OCC(=O)Nc2ccc(S(N)(=O)=O)cc2)cc(C(C)(C)C)c1O. The van der Waals surface area contributed by atoms with Gasteiger partial charge in [-0.1, -0.05) is 53.7 Å². The van der Waals surface area contributed by atoms with Crippen molar-refractivity contribution >= 4 is 27.6 Å². The van der Waals surface area contributed by atoms with Gasteiger partial charge in [0.1, 0.15) is 5.75 Å². The maximum atomic E-state index is 12.2. The average molecular weight is 491 g/mol. The number of carbonyl (C=O) groups excluding carboxylic acids is 2. The topological polar surface area (TPSA) is 136 Å². The molecule has 0 aliphatic carbocycles. The zero-order valence-corrected chi connectivity index (χ0v) is 21.4. The molecule has 9 heteroatoms. The van der Waals surface area contributed by atoms with Gasteiger partial charge in [-0.3, -0.25) is 9.59 Å². The van der Waals surface area contributed by atoms with Crippen molar-refractivity contribution in [3.8, 4) is 5.75 Å². The number of anilines is 1. The van der Waals surface area contributed by atoms with E-state index in [1.807, 2.05) is 53.7 Å². The number of hydrogen-bond acceptors (Lipinski definition) is 6.